The largest absolute Gasteiger partial charge is 0.324 e. The number of hydrogen-bond donors (Lipinski definition) is 1. The summed E-state index contributed by atoms with van der Waals surface area (Å²) in [5.41, 5.74) is 2.74. The molecule has 0 radical (unpaired) electrons. The molecule has 154 valence electrons. The van der Waals surface area contributed by atoms with E-state index in [1.807, 2.05) is 13.8 Å². The SMILES string of the molecule is CCn1c(=O)sc2cc(NC(=O)[C@H](C)N(c3ccc(C)cc3)S(C)(=O)=O)ccc21. The Morgan fingerprint density at radius 1 is 1.21 bits per heavy atom. The molecule has 9 heteroatoms. The van der Waals surface area contributed by atoms with Crippen LogP contribution in [0.25, 0.3) is 10.2 Å². The molecule has 1 atom stereocenters. The highest BCUT2D eigenvalue weighted by Crippen LogP contribution is 2.24. The normalized spacial score (nSPS) is 12.7. The first kappa shape index (κ1) is 21.1. The number of benzene rings is 2. The van der Waals surface area contributed by atoms with E-state index in [2.05, 4.69) is 5.32 Å². The van der Waals surface area contributed by atoms with Crippen molar-refractivity contribution in [3.8, 4) is 0 Å². The first-order chi connectivity index (χ1) is 13.6. The molecule has 1 amide bonds. The van der Waals surface area contributed by atoms with Crippen LogP contribution in [0.5, 0.6) is 0 Å². The van der Waals surface area contributed by atoms with E-state index in [1.54, 1.807) is 54.0 Å². The summed E-state index contributed by atoms with van der Waals surface area (Å²) in [5.74, 6) is -0.461. The molecule has 1 N–H and O–H groups in total. The molecule has 0 spiro atoms. The summed E-state index contributed by atoms with van der Waals surface area (Å²) in [7, 11) is -3.68. The Morgan fingerprint density at radius 2 is 1.86 bits per heavy atom. The number of aryl methyl sites for hydroxylation is 2. The average molecular weight is 434 g/mol. The van der Waals surface area contributed by atoms with Gasteiger partial charge in [0.05, 0.1) is 22.2 Å². The van der Waals surface area contributed by atoms with Crippen LogP contribution >= 0.6 is 11.3 Å². The van der Waals surface area contributed by atoms with Crippen molar-refractivity contribution >= 4 is 48.9 Å². The fourth-order valence-corrected chi connectivity index (χ4v) is 5.36. The second-order valence-corrected chi connectivity index (χ2v) is 9.71. The molecule has 0 aliphatic rings. The highest BCUT2D eigenvalue weighted by Gasteiger charge is 2.29. The zero-order chi connectivity index (χ0) is 21.3. The summed E-state index contributed by atoms with van der Waals surface area (Å²) in [5, 5.41) is 2.76. The van der Waals surface area contributed by atoms with E-state index in [-0.39, 0.29) is 4.87 Å². The molecule has 0 aliphatic heterocycles. The summed E-state index contributed by atoms with van der Waals surface area (Å²) >= 11 is 1.11. The van der Waals surface area contributed by atoms with Crippen LogP contribution in [0, 0.1) is 6.92 Å². The topological polar surface area (TPSA) is 88.5 Å². The second-order valence-electron chi connectivity index (χ2n) is 6.85. The van der Waals surface area contributed by atoms with Gasteiger partial charge in [-0.3, -0.25) is 18.5 Å². The van der Waals surface area contributed by atoms with Crippen molar-refractivity contribution in [2.24, 2.45) is 0 Å². The molecule has 0 bridgehead atoms. The number of carbonyl (C=O) groups is 1. The molecule has 0 unspecified atom stereocenters. The number of nitrogens with zero attached hydrogens (tertiary/aromatic N) is 2. The van der Waals surface area contributed by atoms with Gasteiger partial charge in [-0.05, 0) is 51.1 Å². The Labute approximate surface area is 173 Å². The number of fused-ring (bicyclic) bond motifs is 1. The maximum atomic E-state index is 12.8. The third kappa shape index (κ3) is 4.35. The Hall–Kier alpha value is -2.65. The van der Waals surface area contributed by atoms with Gasteiger partial charge in [0.25, 0.3) is 0 Å². The van der Waals surface area contributed by atoms with Gasteiger partial charge >= 0.3 is 4.87 Å². The van der Waals surface area contributed by atoms with Crippen LogP contribution in [0.15, 0.2) is 47.3 Å². The Morgan fingerprint density at radius 3 is 2.45 bits per heavy atom. The average Bonchev–Trinajstić information content (AvgIpc) is 2.96. The van der Waals surface area contributed by atoms with Gasteiger partial charge in [0, 0.05) is 12.2 Å². The molecule has 0 saturated heterocycles. The fraction of sp³-hybridized carbons (Fsp3) is 0.300. The number of rotatable bonds is 6. The number of nitrogens with one attached hydrogen (secondary N) is 1. The molecule has 1 heterocycles. The minimum atomic E-state index is -3.68. The van der Waals surface area contributed by atoms with E-state index in [9.17, 15) is 18.0 Å². The van der Waals surface area contributed by atoms with Gasteiger partial charge in [0.1, 0.15) is 6.04 Å². The number of aromatic nitrogens is 1. The highest BCUT2D eigenvalue weighted by molar-refractivity contribution is 7.92. The molecule has 0 saturated carbocycles. The summed E-state index contributed by atoms with van der Waals surface area (Å²) in [4.78, 5) is 24.8. The lowest BCUT2D eigenvalue weighted by Gasteiger charge is -2.28. The van der Waals surface area contributed by atoms with Crippen LogP contribution in [0.2, 0.25) is 0 Å². The highest BCUT2D eigenvalue weighted by atomic mass is 32.2. The minimum absolute atomic E-state index is 0.0537. The summed E-state index contributed by atoms with van der Waals surface area (Å²) < 4.78 is 28.3. The maximum Gasteiger partial charge on any atom is 0.308 e. The Balaban J connectivity index is 1.89. The molecular formula is C20H23N3O4S2. The van der Waals surface area contributed by atoms with Crippen molar-refractivity contribution < 1.29 is 13.2 Å². The zero-order valence-electron chi connectivity index (χ0n) is 16.7. The quantitative estimate of drug-likeness (QED) is 0.647. The Bertz CT molecular complexity index is 1210. The van der Waals surface area contributed by atoms with Gasteiger partial charge in [-0.25, -0.2) is 8.42 Å². The van der Waals surface area contributed by atoms with Crippen LogP contribution in [-0.2, 0) is 21.4 Å². The van der Waals surface area contributed by atoms with E-state index in [0.29, 0.717) is 17.9 Å². The smallest absolute Gasteiger partial charge is 0.308 e. The number of anilines is 2. The van der Waals surface area contributed by atoms with Gasteiger partial charge < -0.3 is 5.32 Å². The summed E-state index contributed by atoms with van der Waals surface area (Å²) in [6.45, 7) is 5.92. The monoisotopic (exact) mass is 433 g/mol. The number of amides is 1. The fourth-order valence-electron chi connectivity index (χ4n) is 3.19. The van der Waals surface area contributed by atoms with E-state index in [1.165, 1.54) is 0 Å². The van der Waals surface area contributed by atoms with Crippen molar-refractivity contribution in [3.63, 3.8) is 0 Å². The molecule has 7 nitrogen and oxygen atoms in total. The molecule has 3 rings (SSSR count). The lowest BCUT2D eigenvalue weighted by atomic mass is 10.2. The van der Waals surface area contributed by atoms with Crippen LogP contribution in [0.1, 0.15) is 19.4 Å². The van der Waals surface area contributed by atoms with E-state index in [4.69, 9.17) is 0 Å². The molecule has 0 fully saturated rings. The predicted molar refractivity (Wildman–Crippen MR) is 118 cm³/mol. The van der Waals surface area contributed by atoms with E-state index >= 15 is 0 Å². The van der Waals surface area contributed by atoms with Crippen LogP contribution in [-0.4, -0.2) is 31.2 Å². The van der Waals surface area contributed by atoms with Gasteiger partial charge in [-0.2, -0.15) is 0 Å². The zero-order valence-corrected chi connectivity index (χ0v) is 18.3. The van der Waals surface area contributed by atoms with Crippen LogP contribution < -0.4 is 14.5 Å². The number of carbonyl (C=O) groups excluding carboxylic acids is 1. The number of thiazole rings is 1. The molecular weight excluding hydrogens is 410 g/mol. The third-order valence-corrected chi connectivity index (χ3v) is 6.81. The minimum Gasteiger partial charge on any atom is -0.324 e. The van der Waals surface area contributed by atoms with E-state index < -0.39 is 22.0 Å². The first-order valence-corrected chi connectivity index (χ1v) is 11.8. The molecule has 3 aromatic rings. The van der Waals surface area contributed by atoms with Crippen molar-refractivity contribution in [2.75, 3.05) is 15.9 Å². The van der Waals surface area contributed by atoms with Gasteiger partial charge in [-0.1, -0.05) is 29.0 Å². The summed E-state index contributed by atoms with van der Waals surface area (Å²) in [6.07, 6.45) is 1.08. The standard InChI is InChI=1S/C20H23N3O4S2/c1-5-22-17-11-8-15(12-18(17)28-20(22)25)21-19(24)14(3)23(29(4,26)27)16-9-6-13(2)7-10-16/h6-12,14H,5H2,1-4H3,(H,21,24)/t14-/m0/s1. The molecule has 29 heavy (non-hydrogen) atoms. The third-order valence-electron chi connectivity index (χ3n) is 4.63. The van der Waals surface area contributed by atoms with Crippen molar-refractivity contribution in [1.29, 1.82) is 0 Å². The van der Waals surface area contributed by atoms with Crippen molar-refractivity contribution in [1.82, 2.24) is 4.57 Å². The first-order valence-electron chi connectivity index (χ1n) is 9.12. The van der Waals surface area contributed by atoms with Crippen LogP contribution in [0.3, 0.4) is 0 Å². The van der Waals surface area contributed by atoms with Gasteiger partial charge in [-0.15, -0.1) is 0 Å². The number of sulfonamides is 1. The van der Waals surface area contributed by atoms with Gasteiger partial charge in [0.2, 0.25) is 15.9 Å². The van der Waals surface area contributed by atoms with Crippen LogP contribution in [0.4, 0.5) is 11.4 Å². The number of hydrogen-bond acceptors (Lipinski definition) is 5. The van der Waals surface area contributed by atoms with Crippen molar-refractivity contribution in [3.05, 3.63) is 57.7 Å². The Kier molecular flexibility index (Phi) is 5.81. The lowest BCUT2D eigenvalue weighted by Crippen LogP contribution is -2.45. The second kappa shape index (κ2) is 8.00. The predicted octanol–water partition coefficient (Wildman–Crippen LogP) is 3.18. The summed E-state index contributed by atoms with van der Waals surface area (Å²) in [6, 6.07) is 11.2. The molecule has 2 aromatic carbocycles. The molecule has 0 aliphatic carbocycles. The van der Waals surface area contributed by atoms with Gasteiger partial charge in [0.15, 0.2) is 0 Å². The van der Waals surface area contributed by atoms with Crippen molar-refractivity contribution in [2.45, 2.75) is 33.4 Å². The van der Waals surface area contributed by atoms with E-state index in [0.717, 1.165) is 37.7 Å². The lowest BCUT2D eigenvalue weighted by molar-refractivity contribution is -0.116. The maximum absolute atomic E-state index is 12.8. The molecule has 1 aromatic heterocycles.